The van der Waals surface area contributed by atoms with Crippen molar-refractivity contribution in [3.8, 4) is 0 Å². The molecule has 0 saturated heterocycles. The number of hydrogen-bond acceptors (Lipinski definition) is 4. The molecule has 4 nitrogen and oxygen atoms in total. The standard InChI is InChI=1S/C12H22N4/c1-7-12(3,4)16(6)11-8-10(13-5)14-9(2)15-11/h8H,7H2,1-6H3,(H,13,14,15). The summed E-state index contributed by atoms with van der Waals surface area (Å²) in [6.07, 6.45) is 1.07. The number of aryl methyl sites for hydroxylation is 1. The quantitative estimate of drug-likeness (QED) is 0.849. The molecule has 0 aromatic carbocycles. The van der Waals surface area contributed by atoms with Gasteiger partial charge in [0.2, 0.25) is 0 Å². The number of nitrogens with one attached hydrogen (secondary N) is 1. The molecule has 0 saturated carbocycles. The monoisotopic (exact) mass is 222 g/mol. The molecule has 1 aromatic heterocycles. The average molecular weight is 222 g/mol. The summed E-state index contributed by atoms with van der Waals surface area (Å²) in [5.41, 5.74) is 0.103. The van der Waals surface area contributed by atoms with Crippen molar-refractivity contribution in [3.63, 3.8) is 0 Å². The zero-order valence-electron chi connectivity index (χ0n) is 11.1. The van der Waals surface area contributed by atoms with Crippen molar-refractivity contribution < 1.29 is 0 Å². The molecular formula is C12H22N4. The summed E-state index contributed by atoms with van der Waals surface area (Å²) in [6, 6.07) is 1.98. The summed E-state index contributed by atoms with van der Waals surface area (Å²) < 4.78 is 0. The normalized spacial score (nSPS) is 11.4. The van der Waals surface area contributed by atoms with E-state index in [-0.39, 0.29) is 5.54 Å². The van der Waals surface area contributed by atoms with Gasteiger partial charge >= 0.3 is 0 Å². The largest absolute Gasteiger partial charge is 0.373 e. The predicted molar refractivity (Wildman–Crippen MR) is 69.1 cm³/mol. The Hall–Kier alpha value is -1.32. The number of rotatable bonds is 4. The van der Waals surface area contributed by atoms with Crippen LogP contribution in [0.4, 0.5) is 11.6 Å². The first-order chi connectivity index (χ1) is 7.40. The van der Waals surface area contributed by atoms with Crippen LogP contribution in [0.5, 0.6) is 0 Å². The Morgan fingerprint density at radius 1 is 1.38 bits per heavy atom. The maximum Gasteiger partial charge on any atom is 0.134 e. The summed E-state index contributed by atoms with van der Waals surface area (Å²) in [6.45, 7) is 8.52. The molecule has 0 fully saturated rings. The molecule has 0 aliphatic carbocycles. The van der Waals surface area contributed by atoms with Crippen LogP contribution in [0.1, 0.15) is 33.0 Å². The maximum absolute atomic E-state index is 4.47. The molecule has 1 N–H and O–H groups in total. The van der Waals surface area contributed by atoms with Gasteiger partial charge in [-0.3, -0.25) is 0 Å². The van der Waals surface area contributed by atoms with E-state index in [0.29, 0.717) is 0 Å². The highest BCUT2D eigenvalue weighted by Crippen LogP contribution is 2.24. The van der Waals surface area contributed by atoms with Crippen LogP contribution in [0.15, 0.2) is 6.07 Å². The first-order valence-corrected chi connectivity index (χ1v) is 5.68. The fraction of sp³-hybridized carbons (Fsp3) is 0.667. The molecule has 1 aromatic rings. The van der Waals surface area contributed by atoms with Crippen LogP contribution in [-0.2, 0) is 0 Å². The van der Waals surface area contributed by atoms with Crippen LogP contribution in [0.2, 0.25) is 0 Å². The van der Waals surface area contributed by atoms with E-state index < -0.39 is 0 Å². The van der Waals surface area contributed by atoms with Gasteiger partial charge in [0, 0.05) is 25.7 Å². The fourth-order valence-electron chi connectivity index (χ4n) is 1.40. The Kier molecular flexibility index (Phi) is 3.73. The molecule has 0 spiro atoms. The molecule has 1 heterocycles. The summed E-state index contributed by atoms with van der Waals surface area (Å²) in [5, 5.41) is 3.05. The Morgan fingerprint density at radius 3 is 2.50 bits per heavy atom. The minimum atomic E-state index is 0.103. The highest BCUT2D eigenvalue weighted by Gasteiger charge is 2.22. The molecule has 0 unspecified atom stereocenters. The lowest BCUT2D eigenvalue weighted by atomic mass is 10.00. The van der Waals surface area contributed by atoms with Crippen molar-refractivity contribution in [1.82, 2.24) is 9.97 Å². The van der Waals surface area contributed by atoms with E-state index in [9.17, 15) is 0 Å². The maximum atomic E-state index is 4.47. The van der Waals surface area contributed by atoms with Crippen LogP contribution in [0.25, 0.3) is 0 Å². The van der Waals surface area contributed by atoms with E-state index in [1.54, 1.807) is 0 Å². The van der Waals surface area contributed by atoms with Crippen LogP contribution < -0.4 is 10.2 Å². The van der Waals surface area contributed by atoms with Gasteiger partial charge in [-0.05, 0) is 27.2 Å². The number of hydrogen-bond donors (Lipinski definition) is 1. The molecular weight excluding hydrogens is 200 g/mol. The fourth-order valence-corrected chi connectivity index (χ4v) is 1.40. The van der Waals surface area contributed by atoms with E-state index in [1.165, 1.54) is 0 Å². The SMILES string of the molecule is CCC(C)(C)N(C)c1cc(NC)nc(C)n1. The van der Waals surface area contributed by atoms with Crippen LogP contribution in [0, 0.1) is 6.92 Å². The third kappa shape index (κ3) is 2.62. The van der Waals surface area contributed by atoms with E-state index >= 15 is 0 Å². The summed E-state index contributed by atoms with van der Waals surface area (Å²) in [4.78, 5) is 11.0. The smallest absolute Gasteiger partial charge is 0.134 e. The van der Waals surface area contributed by atoms with E-state index in [2.05, 4.69) is 48.0 Å². The van der Waals surface area contributed by atoms with Gasteiger partial charge in [-0.1, -0.05) is 6.92 Å². The molecule has 0 amide bonds. The number of nitrogens with zero attached hydrogens (tertiary/aromatic N) is 3. The van der Waals surface area contributed by atoms with Crippen molar-refractivity contribution in [2.75, 3.05) is 24.3 Å². The molecule has 4 heteroatoms. The number of aromatic nitrogens is 2. The molecule has 1 rings (SSSR count). The highest BCUT2D eigenvalue weighted by molar-refractivity contribution is 5.50. The molecule has 0 atom stereocenters. The van der Waals surface area contributed by atoms with Gasteiger partial charge < -0.3 is 10.2 Å². The van der Waals surface area contributed by atoms with Crippen LogP contribution in [-0.4, -0.2) is 29.6 Å². The molecule has 0 radical (unpaired) electrons. The summed E-state index contributed by atoms with van der Waals surface area (Å²) in [5.74, 6) is 2.62. The Bertz CT molecular complexity index is 360. The van der Waals surface area contributed by atoms with E-state index in [0.717, 1.165) is 23.9 Å². The van der Waals surface area contributed by atoms with Gasteiger partial charge in [0.05, 0.1) is 0 Å². The molecule has 90 valence electrons. The lowest BCUT2D eigenvalue weighted by Gasteiger charge is -2.36. The number of anilines is 2. The van der Waals surface area contributed by atoms with Gasteiger partial charge in [0.25, 0.3) is 0 Å². The van der Waals surface area contributed by atoms with E-state index in [1.807, 2.05) is 20.0 Å². The zero-order chi connectivity index (χ0) is 12.3. The van der Waals surface area contributed by atoms with Gasteiger partial charge in [0.15, 0.2) is 0 Å². The second-order valence-electron chi connectivity index (χ2n) is 4.63. The van der Waals surface area contributed by atoms with E-state index in [4.69, 9.17) is 0 Å². The highest BCUT2D eigenvalue weighted by atomic mass is 15.2. The van der Waals surface area contributed by atoms with Gasteiger partial charge in [-0.2, -0.15) is 0 Å². The third-order valence-corrected chi connectivity index (χ3v) is 3.20. The van der Waals surface area contributed by atoms with Crippen molar-refractivity contribution in [3.05, 3.63) is 11.9 Å². The first-order valence-electron chi connectivity index (χ1n) is 5.68. The summed E-state index contributed by atoms with van der Waals surface area (Å²) >= 11 is 0. The second-order valence-corrected chi connectivity index (χ2v) is 4.63. The molecule has 0 aliphatic rings. The Morgan fingerprint density at radius 2 is 2.00 bits per heavy atom. The van der Waals surface area contributed by atoms with Gasteiger partial charge in [-0.15, -0.1) is 0 Å². The third-order valence-electron chi connectivity index (χ3n) is 3.20. The lowest BCUT2D eigenvalue weighted by molar-refractivity contribution is 0.467. The average Bonchev–Trinajstić information content (AvgIpc) is 2.27. The van der Waals surface area contributed by atoms with Crippen LogP contribution >= 0.6 is 0 Å². The Balaban J connectivity index is 3.08. The van der Waals surface area contributed by atoms with Crippen molar-refractivity contribution in [1.29, 1.82) is 0 Å². The lowest BCUT2D eigenvalue weighted by Crippen LogP contribution is -2.41. The minimum absolute atomic E-state index is 0.103. The second kappa shape index (κ2) is 4.68. The van der Waals surface area contributed by atoms with Gasteiger partial charge in [-0.25, -0.2) is 9.97 Å². The molecule has 16 heavy (non-hydrogen) atoms. The van der Waals surface area contributed by atoms with Crippen molar-refractivity contribution in [2.45, 2.75) is 39.7 Å². The van der Waals surface area contributed by atoms with Crippen LogP contribution in [0.3, 0.4) is 0 Å². The predicted octanol–water partition coefficient (Wildman–Crippen LogP) is 2.45. The summed E-state index contributed by atoms with van der Waals surface area (Å²) in [7, 11) is 3.95. The Labute approximate surface area is 98.1 Å². The van der Waals surface area contributed by atoms with Crippen molar-refractivity contribution >= 4 is 11.6 Å². The first kappa shape index (κ1) is 12.7. The zero-order valence-corrected chi connectivity index (χ0v) is 11.1. The van der Waals surface area contributed by atoms with Gasteiger partial charge in [0.1, 0.15) is 17.5 Å². The topological polar surface area (TPSA) is 41.0 Å². The molecule has 0 bridgehead atoms. The van der Waals surface area contributed by atoms with Crippen molar-refractivity contribution in [2.24, 2.45) is 0 Å². The minimum Gasteiger partial charge on any atom is -0.373 e. The molecule has 0 aliphatic heterocycles.